The summed E-state index contributed by atoms with van der Waals surface area (Å²) in [6.07, 6.45) is 7.41. The molecule has 0 aliphatic rings. The summed E-state index contributed by atoms with van der Waals surface area (Å²) in [6, 6.07) is 33.8. The van der Waals surface area contributed by atoms with Crippen LogP contribution in [0.25, 0.3) is 60.8 Å². The highest BCUT2D eigenvalue weighted by Crippen LogP contribution is 2.38. The molecule has 35 heavy (non-hydrogen) atoms. The zero-order chi connectivity index (χ0) is 23.2. The third-order valence-corrected chi connectivity index (χ3v) is 6.59. The van der Waals surface area contributed by atoms with Crippen LogP contribution in [0.1, 0.15) is 0 Å². The Morgan fingerprint density at radius 3 is 2.23 bits per heavy atom. The molecule has 0 radical (unpaired) electrons. The van der Waals surface area contributed by atoms with E-state index in [2.05, 4.69) is 93.4 Å². The van der Waals surface area contributed by atoms with Gasteiger partial charge < -0.3 is 0 Å². The second-order valence-electron chi connectivity index (χ2n) is 8.61. The van der Waals surface area contributed by atoms with E-state index in [0.717, 1.165) is 39.2 Å². The van der Waals surface area contributed by atoms with Crippen molar-refractivity contribution in [1.29, 1.82) is 0 Å². The molecule has 0 saturated heterocycles. The number of pyridine rings is 3. The van der Waals surface area contributed by atoms with Crippen molar-refractivity contribution in [3.05, 3.63) is 122 Å². The van der Waals surface area contributed by atoms with E-state index in [0.29, 0.717) is 0 Å². The minimum Gasteiger partial charge on any atom is -0.294 e. The van der Waals surface area contributed by atoms with E-state index >= 15 is 0 Å². The Morgan fingerprint density at radius 2 is 1.40 bits per heavy atom. The molecule has 0 aliphatic heterocycles. The average Bonchev–Trinajstić information content (AvgIpc) is 3.28. The van der Waals surface area contributed by atoms with E-state index in [4.69, 9.17) is 4.98 Å². The summed E-state index contributed by atoms with van der Waals surface area (Å²) in [5.41, 5.74) is 6.43. The van der Waals surface area contributed by atoms with Gasteiger partial charge in [0.2, 0.25) is 0 Å². The van der Waals surface area contributed by atoms with Gasteiger partial charge in [-0.2, -0.15) is 0 Å². The second-order valence-corrected chi connectivity index (χ2v) is 8.61. The Hall–Kier alpha value is -4.83. The van der Waals surface area contributed by atoms with Crippen molar-refractivity contribution < 1.29 is 0 Å². The van der Waals surface area contributed by atoms with Crippen LogP contribution in [0.2, 0.25) is 0 Å². The van der Waals surface area contributed by atoms with Gasteiger partial charge in [-0.3, -0.25) is 14.5 Å². The summed E-state index contributed by atoms with van der Waals surface area (Å²) in [7, 11) is 0. The Morgan fingerprint density at radius 1 is 0.543 bits per heavy atom. The monoisotopic (exact) mass is 448 g/mol. The summed E-state index contributed by atoms with van der Waals surface area (Å²) < 4.78 is 2.26. The molecule has 0 N–H and O–H groups in total. The summed E-state index contributed by atoms with van der Waals surface area (Å²) in [6.45, 7) is 0. The van der Waals surface area contributed by atoms with E-state index in [1.165, 1.54) is 21.5 Å². The lowest BCUT2D eigenvalue weighted by atomic mass is 10.0. The molecule has 3 aromatic carbocycles. The van der Waals surface area contributed by atoms with Gasteiger partial charge in [0.25, 0.3) is 0 Å². The van der Waals surface area contributed by atoms with Gasteiger partial charge in [0.15, 0.2) is 0 Å². The van der Waals surface area contributed by atoms with Crippen molar-refractivity contribution in [3.63, 3.8) is 0 Å². The Kier molecular flexibility index (Phi) is 4.42. The van der Waals surface area contributed by atoms with Crippen LogP contribution >= 0.6 is 0 Å². The lowest BCUT2D eigenvalue weighted by Gasteiger charge is -2.09. The molecule has 0 bridgehead atoms. The quantitative estimate of drug-likeness (QED) is 0.282. The maximum Gasteiger partial charge on any atom is 0.137 e. The SMILES string of the molecule is c1ccc(-c2ccc3c(c2)c2c4ccccc4ccc2n3-c2ccc(-c3cccnc3)cn2)nc1. The van der Waals surface area contributed by atoms with Crippen LogP contribution < -0.4 is 0 Å². The molecule has 0 fully saturated rings. The fraction of sp³-hybridized carbons (Fsp3) is 0. The third-order valence-electron chi connectivity index (χ3n) is 6.59. The number of fused-ring (bicyclic) bond motifs is 5. The predicted molar refractivity (Wildman–Crippen MR) is 143 cm³/mol. The molecule has 0 atom stereocenters. The number of hydrogen-bond donors (Lipinski definition) is 0. The zero-order valence-electron chi connectivity index (χ0n) is 18.8. The smallest absolute Gasteiger partial charge is 0.137 e. The minimum absolute atomic E-state index is 0.888. The molecule has 0 unspecified atom stereocenters. The molecule has 0 aliphatic carbocycles. The first-order valence-corrected chi connectivity index (χ1v) is 11.6. The van der Waals surface area contributed by atoms with Gasteiger partial charge in [0, 0.05) is 52.3 Å². The maximum atomic E-state index is 4.88. The molecule has 7 rings (SSSR count). The van der Waals surface area contributed by atoms with Gasteiger partial charge in [-0.1, -0.05) is 48.5 Å². The molecular formula is C31H20N4. The van der Waals surface area contributed by atoms with Gasteiger partial charge in [0.05, 0.1) is 16.7 Å². The van der Waals surface area contributed by atoms with Crippen LogP contribution in [0, 0.1) is 0 Å². The predicted octanol–water partition coefficient (Wildman–Crippen LogP) is 7.46. The standard InChI is InChI=1S/C31H20N4/c1-2-8-25-21(6-1)10-14-29-31(25)26-18-22(27-9-3-4-17-33-27)11-13-28(26)35(29)30-15-12-24(20-34-30)23-7-5-16-32-19-23/h1-20H. The van der Waals surface area contributed by atoms with Gasteiger partial charge >= 0.3 is 0 Å². The molecule has 0 spiro atoms. The summed E-state index contributed by atoms with van der Waals surface area (Å²) in [5, 5.41) is 4.88. The molecule has 4 aromatic heterocycles. The highest BCUT2D eigenvalue weighted by molar-refractivity contribution is 6.21. The highest BCUT2D eigenvalue weighted by atomic mass is 15.1. The second kappa shape index (κ2) is 7.89. The van der Waals surface area contributed by atoms with Crippen molar-refractivity contribution >= 4 is 32.6 Å². The van der Waals surface area contributed by atoms with Crippen molar-refractivity contribution in [3.8, 4) is 28.2 Å². The molecule has 4 heterocycles. The lowest BCUT2D eigenvalue weighted by Crippen LogP contribution is -1.97. The minimum atomic E-state index is 0.888. The fourth-order valence-electron chi connectivity index (χ4n) is 4.95. The molecule has 164 valence electrons. The van der Waals surface area contributed by atoms with Gasteiger partial charge in [-0.25, -0.2) is 4.98 Å². The van der Waals surface area contributed by atoms with E-state index in [-0.39, 0.29) is 0 Å². The fourth-order valence-corrected chi connectivity index (χ4v) is 4.95. The van der Waals surface area contributed by atoms with Crippen molar-refractivity contribution in [2.75, 3.05) is 0 Å². The zero-order valence-corrected chi connectivity index (χ0v) is 18.8. The largest absolute Gasteiger partial charge is 0.294 e. The van der Waals surface area contributed by atoms with Crippen molar-refractivity contribution in [2.24, 2.45) is 0 Å². The number of hydrogen-bond acceptors (Lipinski definition) is 3. The molecule has 4 nitrogen and oxygen atoms in total. The number of rotatable bonds is 3. The maximum absolute atomic E-state index is 4.88. The highest BCUT2D eigenvalue weighted by Gasteiger charge is 2.16. The summed E-state index contributed by atoms with van der Waals surface area (Å²) in [5.74, 6) is 0.888. The molecule has 4 heteroatoms. The first-order valence-electron chi connectivity index (χ1n) is 11.6. The number of benzene rings is 3. The lowest BCUT2D eigenvalue weighted by molar-refractivity contribution is 1.08. The molecule has 0 saturated carbocycles. The average molecular weight is 449 g/mol. The first kappa shape index (κ1) is 19.6. The van der Waals surface area contributed by atoms with Crippen LogP contribution in [0.4, 0.5) is 0 Å². The topological polar surface area (TPSA) is 43.6 Å². The normalized spacial score (nSPS) is 11.4. The molecule has 7 aromatic rings. The number of aromatic nitrogens is 4. The van der Waals surface area contributed by atoms with Crippen LogP contribution in [0.5, 0.6) is 0 Å². The van der Waals surface area contributed by atoms with Crippen LogP contribution in [0.3, 0.4) is 0 Å². The van der Waals surface area contributed by atoms with E-state index in [1.807, 2.05) is 36.8 Å². The first-order chi connectivity index (χ1) is 17.4. The van der Waals surface area contributed by atoms with E-state index in [9.17, 15) is 0 Å². The van der Waals surface area contributed by atoms with Crippen LogP contribution in [0.15, 0.2) is 122 Å². The molecular weight excluding hydrogens is 428 g/mol. The van der Waals surface area contributed by atoms with E-state index in [1.54, 1.807) is 6.20 Å². The van der Waals surface area contributed by atoms with Crippen LogP contribution in [-0.2, 0) is 0 Å². The van der Waals surface area contributed by atoms with Crippen molar-refractivity contribution in [1.82, 2.24) is 19.5 Å². The van der Waals surface area contributed by atoms with Gasteiger partial charge in [-0.15, -0.1) is 0 Å². The number of nitrogens with zero attached hydrogens (tertiary/aromatic N) is 4. The summed E-state index contributed by atoms with van der Waals surface area (Å²) in [4.78, 5) is 13.7. The van der Waals surface area contributed by atoms with E-state index < -0.39 is 0 Å². The Bertz CT molecular complexity index is 1820. The summed E-state index contributed by atoms with van der Waals surface area (Å²) >= 11 is 0. The Labute approximate surface area is 202 Å². The van der Waals surface area contributed by atoms with Crippen molar-refractivity contribution in [2.45, 2.75) is 0 Å². The van der Waals surface area contributed by atoms with Crippen LogP contribution in [-0.4, -0.2) is 19.5 Å². The third kappa shape index (κ3) is 3.19. The van der Waals surface area contributed by atoms with Gasteiger partial charge in [-0.05, 0) is 59.3 Å². The molecule has 0 amide bonds. The van der Waals surface area contributed by atoms with Gasteiger partial charge in [0.1, 0.15) is 5.82 Å². The Balaban J connectivity index is 1.51.